The third kappa shape index (κ3) is 2.95. The summed E-state index contributed by atoms with van der Waals surface area (Å²) < 4.78 is 6.85. The van der Waals surface area contributed by atoms with Crippen LogP contribution in [0.2, 0.25) is 0 Å². The number of anilines is 1. The molecule has 0 bridgehead atoms. The maximum Gasteiger partial charge on any atom is 0.313 e. The maximum atomic E-state index is 12.1. The smallest absolute Gasteiger partial charge is 0.313 e. The first-order valence-corrected chi connectivity index (χ1v) is 6.10. The van der Waals surface area contributed by atoms with E-state index >= 15 is 0 Å². The van der Waals surface area contributed by atoms with Crippen molar-refractivity contribution in [2.75, 3.05) is 31.9 Å². The van der Waals surface area contributed by atoms with Crippen LogP contribution in [0.3, 0.4) is 0 Å². The van der Waals surface area contributed by atoms with Crippen molar-refractivity contribution >= 4 is 34.3 Å². The van der Waals surface area contributed by atoms with E-state index in [-0.39, 0.29) is 17.5 Å². The van der Waals surface area contributed by atoms with Gasteiger partial charge in [-0.05, 0) is 10.3 Å². The summed E-state index contributed by atoms with van der Waals surface area (Å²) in [5.41, 5.74) is 8.32. The monoisotopic (exact) mass is 281 g/mol. The van der Waals surface area contributed by atoms with Gasteiger partial charge < -0.3 is 14.9 Å². The highest BCUT2D eigenvalue weighted by molar-refractivity contribution is 6.13. The Balaban J connectivity index is 2.01. The minimum Gasteiger partial charge on any atom is -0.446 e. The second-order valence-corrected chi connectivity index (χ2v) is 4.09. The molecular weight excluding hydrogens is 269 g/mol. The number of hydrazine groups is 1. The summed E-state index contributed by atoms with van der Waals surface area (Å²) in [5.74, 6) is -0.498. The number of carbonyl (C=O) groups excluding carboxylic acids is 2. The van der Waals surface area contributed by atoms with Gasteiger partial charge in [-0.25, -0.2) is 10.1 Å². The molecule has 1 aromatic heterocycles. The first kappa shape index (κ1) is 13.6. The van der Waals surface area contributed by atoms with Crippen LogP contribution in [0.15, 0.2) is 4.63 Å². The zero-order chi connectivity index (χ0) is 13.8. The number of rotatable bonds is 1. The Bertz CT molecular complexity index is 479. The van der Waals surface area contributed by atoms with Crippen LogP contribution in [0.1, 0.15) is 10.5 Å². The highest BCUT2D eigenvalue weighted by Crippen LogP contribution is 2.08. The van der Waals surface area contributed by atoms with Crippen LogP contribution in [0.4, 0.5) is 10.6 Å². The van der Waals surface area contributed by atoms with Gasteiger partial charge in [-0.3, -0.25) is 14.6 Å². The van der Waals surface area contributed by atoms with Gasteiger partial charge in [-0.1, -0.05) is 0 Å². The second kappa shape index (κ2) is 5.88. The van der Waals surface area contributed by atoms with Crippen molar-refractivity contribution in [3.05, 3.63) is 5.69 Å². The minimum absolute atomic E-state index is 0.0450. The van der Waals surface area contributed by atoms with E-state index in [1.54, 1.807) is 4.90 Å². The van der Waals surface area contributed by atoms with Crippen molar-refractivity contribution in [1.29, 1.82) is 0 Å². The zero-order valence-corrected chi connectivity index (χ0v) is 11.2. The largest absolute Gasteiger partial charge is 0.446 e. The van der Waals surface area contributed by atoms with Gasteiger partial charge in [0.05, 0.1) is 6.54 Å². The molecule has 3 amide bonds. The summed E-state index contributed by atoms with van der Waals surface area (Å²) in [6.07, 6.45) is 0. The lowest BCUT2D eigenvalue weighted by molar-refractivity contribution is 0.0666. The Morgan fingerprint density at radius 3 is 2.79 bits per heavy atom. The highest BCUT2D eigenvalue weighted by atomic mass is 27.1. The number of nitrogens with two attached hydrogens (primary N) is 1. The molecule has 10 nitrogen and oxygen atoms in total. The quantitative estimate of drug-likeness (QED) is 0.494. The molecule has 2 radical (unpaired) electrons. The van der Waals surface area contributed by atoms with E-state index in [4.69, 9.17) is 5.73 Å². The first-order valence-electron chi connectivity index (χ1n) is 5.52. The van der Waals surface area contributed by atoms with Gasteiger partial charge in [0.1, 0.15) is 0 Å². The Hall–Kier alpha value is -1.83. The standard InChI is InChI=1S/C8H13N7O3.Al/c9-6-5(12-18-13-6)7(16)15-4-3-14(8(10)17)2-1-11-15;/h11H,1-4H2,(H4,9,10,13,17);/q;+1/p-1. The third-order valence-corrected chi connectivity index (χ3v) is 2.90. The maximum absolute atomic E-state index is 12.1. The fraction of sp³-hybridized carbons (Fsp3) is 0.500. The molecular formula is C8H12AlN7O3. The number of urea groups is 1. The number of aromatic nitrogens is 2. The third-order valence-electron chi connectivity index (χ3n) is 2.65. The van der Waals surface area contributed by atoms with Crippen LogP contribution in [-0.2, 0) is 0 Å². The minimum atomic E-state index is -0.438. The molecule has 2 heterocycles. The Morgan fingerprint density at radius 1 is 1.37 bits per heavy atom. The molecule has 19 heavy (non-hydrogen) atoms. The summed E-state index contributed by atoms with van der Waals surface area (Å²) in [4.78, 5) is 25.1. The lowest BCUT2D eigenvalue weighted by Gasteiger charge is -2.21. The SMILES string of the molecule is Nc1nonc1C(=O)N1CCN(C(=O)[NH][Al])CCN1. The summed E-state index contributed by atoms with van der Waals surface area (Å²) in [5, 5.41) is 8.14. The van der Waals surface area contributed by atoms with E-state index in [1.807, 2.05) is 0 Å². The molecule has 0 aromatic carbocycles. The Labute approximate surface area is 116 Å². The van der Waals surface area contributed by atoms with Gasteiger partial charge in [0, 0.05) is 19.6 Å². The van der Waals surface area contributed by atoms with Crippen LogP contribution >= 0.6 is 0 Å². The average molecular weight is 281 g/mol. The van der Waals surface area contributed by atoms with Crippen molar-refractivity contribution in [1.82, 2.24) is 29.9 Å². The number of nitrogens with zero attached hydrogens (tertiary/aromatic N) is 4. The van der Waals surface area contributed by atoms with Gasteiger partial charge in [0.2, 0.25) is 11.5 Å². The van der Waals surface area contributed by atoms with Crippen molar-refractivity contribution in [2.45, 2.75) is 0 Å². The number of hydrogen-bond donors (Lipinski definition) is 3. The Morgan fingerprint density at radius 2 is 2.16 bits per heavy atom. The normalized spacial score (nSPS) is 16.0. The Kier molecular flexibility index (Phi) is 4.21. The van der Waals surface area contributed by atoms with Crippen LogP contribution in [0.25, 0.3) is 0 Å². The van der Waals surface area contributed by atoms with Crippen molar-refractivity contribution in [3.8, 4) is 0 Å². The molecule has 100 valence electrons. The fourth-order valence-electron chi connectivity index (χ4n) is 1.67. The fourth-order valence-corrected chi connectivity index (χ4v) is 1.85. The number of carbonyl (C=O) groups is 2. The highest BCUT2D eigenvalue weighted by Gasteiger charge is 2.26. The van der Waals surface area contributed by atoms with Crippen LogP contribution in [0.5, 0.6) is 0 Å². The molecule has 0 unspecified atom stereocenters. The summed E-state index contributed by atoms with van der Waals surface area (Å²) in [6, 6.07) is -0.219. The molecule has 0 atom stereocenters. The summed E-state index contributed by atoms with van der Waals surface area (Å²) >= 11 is 2.14. The molecule has 4 N–H and O–H groups in total. The van der Waals surface area contributed by atoms with Gasteiger partial charge in [-0.2, -0.15) is 0 Å². The van der Waals surface area contributed by atoms with E-state index in [2.05, 4.69) is 41.2 Å². The number of amides is 3. The second-order valence-electron chi connectivity index (χ2n) is 3.80. The van der Waals surface area contributed by atoms with Crippen molar-refractivity contribution in [3.63, 3.8) is 0 Å². The van der Waals surface area contributed by atoms with E-state index < -0.39 is 5.91 Å². The van der Waals surface area contributed by atoms with Crippen molar-refractivity contribution < 1.29 is 14.2 Å². The molecule has 1 aromatic rings. The van der Waals surface area contributed by atoms with Gasteiger partial charge in [0.15, 0.2) is 0 Å². The van der Waals surface area contributed by atoms with Crippen LogP contribution in [0, 0.1) is 0 Å². The average Bonchev–Trinajstić information content (AvgIpc) is 2.70. The van der Waals surface area contributed by atoms with Crippen LogP contribution < -0.4 is 15.5 Å². The number of nitrogens with one attached hydrogen (secondary N) is 2. The van der Waals surface area contributed by atoms with Gasteiger partial charge in [0.25, 0.3) is 11.9 Å². The van der Waals surface area contributed by atoms with E-state index in [0.717, 1.165) is 0 Å². The topological polar surface area (TPSA) is 130 Å². The molecule has 1 aliphatic rings. The van der Waals surface area contributed by atoms with Crippen molar-refractivity contribution in [2.24, 2.45) is 0 Å². The lowest BCUT2D eigenvalue weighted by Crippen LogP contribution is -2.44. The molecule has 0 saturated carbocycles. The van der Waals surface area contributed by atoms with E-state index in [1.165, 1.54) is 5.01 Å². The molecule has 1 saturated heterocycles. The molecule has 0 spiro atoms. The molecule has 1 fully saturated rings. The first-order chi connectivity index (χ1) is 9.13. The predicted octanol–water partition coefficient (Wildman–Crippen LogP) is -2.29. The summed E-state index contributed by atoms with van der Waals surface area (Å²) in [7, 11) is 0. The molecule has 1 aliphatic heterocycles. The zero-order valence-electron chi connectivity index (χ0n) is 10.00. The van der Waals surface area contributed by atoms with E-state index in [0.29, 0.717) is 26.2 Å². The molecule has 11 heteroatoms. The predicted molar refractivity (Wildman–Crippen MR) is 63.6 cm³/mol. The number of hydrogen-bond acceptors (Lipinski definition) is 7. The van der Waals surface area contributed by atoms with Gasteiger partial charge >= 0.3 is 16.5 Å². The molecule has 0 aliphatic carbocycles. The van der Waals surface area contributed by atoms with E-state index in [9.17, 15) is 9.59 Å². The summed E-state index contributed by atoms with van der Waals surface area (Å²) in [6.45, 7) is 1.62. The number of nitrogen functional groups attached to an aromatic ring is 1. The molecule has 2 rings (SSSR count). The van der Waals surface area contributed by atoms with Gasteiger partial charge in [-0.15, -0.1) is 0 Å². The lowest BCUT2D eigenvalue weighted by atomic mass is 10.4. The van der Waals surface area contributed by atoms with Crippen LogP contribution in [-0.4, -0.2) is 74.9 Å².